The van der Waals surface area contributed by atoms with Gasteiger partial charge in [-0.2, -0.15) is 0 Å². The van der Waals surface area contributed by atoms with E-state index in [1.54, 1.807) is 11.3 Å². The number of rotatable bonds is 7. The maximum atomic E-state index is 12.3. The molecule has 1 amide bonds. The lowest BCUT2D eigenvalue weighted by Gasteiger charge is -2.21. The second kappa shape index (κ2) is 8.82. The van der Waals surface area contributed by atoms with Crippen LogP contribution in [0.15, 0.2) is 53.9 Å². The summed E-state index contributed by atoms with van der Waals surface area (Å²) in [5, 5.41) is 6.08. The molecule has 27 heavy (non-hydrogen) atoms. The Bertz CT molecular complexity index is 881. The Morgan fingerprint density at radius 3 is 2.26 bits per heavy atom. The molecule has 0 spiro atoms. The Balaban J connectivity index is 1.59. The van der Waals surface area contributed by atoms with Gasteiger partial charge in [0.1, 0.15) is 0 Å². The molecule has 0 saturated heterocycles. The van der Waals surface area contributed by atoms with Gasteiger partial charge in [0, 0.05) is 35.4 Å². The molecule has 2 aromatic carbocycles. The summed E-state index contributed by atoms with van der Waals surface area (Å²) in [5.41, 5.74) is 5.05. The van der Waals surface area contributed by atoms with E-state index < -0.39 is 0 Å². The standard InChI is InChI=1S/C22H25N3OS/c1-4-25(5-2)20-12-10-19(11-13-20)24-22(26)14-17-6-8-18(9-7-17)21-15-27-16(3)23-21/h6-13,15H,4-5,14H2,1-3H3,(H,24,26). The highest BCUT2D eigenvalue weighted by Gasteiger charge is 2.07. The third-order valence-electron chi connectivity index (χ3n) is 4.51. The van der Waals surface area contributed by atoms with Crippen molar-refractivity contribution in [1.82, 2.24) is 4.98 Å². The van der Waals surface area contributed by atoms with E-state index in [1.165, 1.54) is 5.69 Å². The summed E-state index contributed by atoms with van der Waals surface area (Å²) < 4.78 is 0. The van der Waals surface area contributed by atoms with Gasteiger partial charge in [0.25, 0.3) is 0 Å². The smallest absolute Gasteiger partial charge is 0.228 e. The van der Waals surface area contributed by atoms with E-state index in [0.717, 1.165) is 40.6 Å². The number of aromatic nitrogens is 1. The summed E-state index contributed by atoms with van der Waals surface area (Å²) in [7, 11) is 0. The SMILES string of the molecule is CCN(CC)c1ccc(NC(=O)Cc2ccc(-c3csc(C)n3)cc2)cc1. The predicted molar refractivity (Wildman–Crippen MR) is 115 cm³/mol. The molecule has 4 nitrogen and oxygen atoms in total. The molecule has 140 valence electrons. The lowest BCUT2D eigenvalue weighted by atomic mass is 10.1. The number of nitrogens with zero attached hydrogens (tertiary/aromatic N) is 2. The Morgan fingerprint density at radius 2 is 1.70 bits per heavy atom. The van der Waals surface area contributed by atoms with Gasteiger partial charge >= 0.3 is 0 Å². The lowest BCUT2D eigenvalue weighted by molar-refractivity contribution is -0.115. The van der Waals surface area contributed by atoms with Gasteiger partial charge in [-0.3, -0.25) is 4.79 Å². The zero-order valence-corrected chi connectivity index (χ0v) is 16.8. The van der Waals surface area contributed by atoms with Crippen LogP contribution in [0.5, 0.6) is 0 Å². The molecule has 0 unspecified atom stereocenters. The van der Waals surface area contributed by atoms with Gasteiger partial charge in [-0.15, -0.1) is 11.3 Å². The van der Waals surface area contributed by atoms with Crippen LogP contribution in [0.4, 0.5) is 11.4 Å². The Hall–Kier alpha value is -2.66. The zero-order chi connectivity index (χ0) is 19.2. The number of thiazole rings is 1. The Morgan fingerprint density at radius 1 is 1.04 bits per heavy atom. The first kappa shape index (κ1) is 19.1. The molecule has 0 bridgehead atoms. The fourth-order valence-corrected chi connectivity index (χ4v) is 3.65. The average molecular weight is 380 g/mol. The van der Waals surface area contributed by atoms with Crippen molar-refractivity contribution in [3.05, 3.63) is 64.5 Å². The number of carbonyl (C=O) groups excluding carboxylic acids is 1. The molecule has 1 aromatic heterocycles. The maximum absolute atomic E-state index is 12.3. The van der Waals surface area contributed by atoms with Gasteiger partial charge in [-0.05, 0) is 50.6 Å². The summed E-state index contributed by atoms with van der Waals surface area (Å²) in [6.45, 7) is 8.22. The summed E-state index contributed by atoms with van der Waals surface area (Å²) >= 11 is 1.64. The minimum Gasteiger partial charge on any atom is -0.372 e. The van der Waals surface area contributed by atoms with Gasteiger partial charge < -0.3 is 10.2 Å². The van der Waals surface area contributed by atoms with E-state index in [-0.39, 0.29) is 5.91 Å². The van der Waals surface area contributed by atoms with E-state index >= 15 is 0 Å². The van der Waals surface area contributed by atoms with Crippen LogP contribution in [-0.2, 0) is 11.2 Å². The molecule has 0 radical (unpaired) electrons. The zero-order valence-electron chi connectivity index (χ0n) is 16.0. The minimum absolute atomic E-state index is 0.0113. The molecule has 0 aliphatic rings. The van der Waals surface area contributed by atoms with Crippen LogP contribution >= 0.6 is 11.3 Å². The fraction of sp³-hybridized carbons (Fsp3) is 0.273. The number of benzene rings is 2. The maximum Gasteiger partial charge on any atom is 0.228 e. The van der Waals surface area contributed by atoms with Gasteiger partial charge in [0.05, 0.1) is 17.1 Å². The first-order valence-electron chi connectivity index (χ1n) is 9.25. The van der Waals surface area contributed by atoms with Crippen molar-refractivity contribution in [2.75, 3.05) is 23.3 Å². The first-order chi connectivity index (χ1) is 13.1. The molecule has 0 aliphatic carbocycles. The van der Waals surface area contributed by atoms with Crippen LogP contribution in [0, 0.1) is 6.92 Å². The second-order valence-corrected chi connectivity index (χ2v) is 7.46. The summed E-state index contributed by atoms with van der Waals surface area (Å²) in [4.78, 5) is 19.1. The number of aryl methyl sites for hydroxylation is 1. The van der Waals surface area contributed by atoms with Crippen LogP contribution in [-0.4, -0.2) is 24.0 Å². The number of anilines is 2. The van der Waals surface area contributed by atoms with E-state index in [1.807, 2.05) is 55.5 Å². The van der Waals surface area contributed by atoms with Crippen LogP contribution < -0.4 is 10.2 Å². The second-order valence-electron chi connectivity index (χ2n) is 6.39. The third-order valence-corrected chi connectivity index (χ3v) is 5.29. The van der Waals surface area contributed by atoms with Crippen molar-refractivity contribution in [1.29, 1.82) is 0 Å². The number of hydrogen-bond donors (Lipinski definition) is 1. The normalized spacial score (nSPS) is 10.6. The summed E-state index contributed by atoms with van der Waals surface area (Å²) in [5.74, 6) is -0.0113. The average Bonchev–Trinajstić information content (AvgIpc) is 3.11. The van der Waals surface area contributed by atoms with Crippen molar-refractivity contribution in [2.24, 2.45) is 0 Å². The Kier molecular flexibility index (Phi) is 6.24. The van der Waals surface area contributed by atoms with Gasteiger partial charge in [-0.1, -0.05) is 24.3 Å². The third kappa shape index (κ3) is 4.95. The number of carbonyl (C=O) groups is 1. The molecule has 1 N–H and O–H groups in total. The fourth-order valence-electron chi connectivity index (χ4n) is 3.02. The van der Waals surface area contributed by atoms with Crippen molar-refractivity contribution < 1.29 is 4.79 Å². The molecule has 1 heterocycles. The summed E-state index contributed by atoms with van der Waals surface area (Å²) in [6, 6.07) is 16.0. The van der Waals surface area contributed by atoms with Crippen LogP contribution in [0.25, 0.3) is 11.3 Å². The molecule has 0 saturated carbocycles. The highest BCUT2D eigenvalue weighted by molar-refractivity contribution is 7.09. The quantitative estimate of drug-likeness (QED) is 0.618. The highest BCUT2D eigenvalue weighted by Crippen LogP contribution is 2.22. The highest BCUT2D eigenvalue weighted by atomic mass is 32.1. The summed E-state index contributed by atoms with van der Waals surface area (Å²) in [6.07, 6.45) is 0.355. The van der Waals surface area contributed by atoms with Gasteiger partial charge in [0.2, 0.25) is 5.91 Å². The van der Waals surface area contributed by atoms with Gasteiger partial charge in [-0.25, -0.2) is 4.98 Å². The molecule has 0 fully saturated rings. The van der Waals surface area contributed by atoms with Crippen LogP contribution in [0.3, 0.4) is 0 Å². The van der Waals surface area contributed by atoms with E-state index in [9.17, 15) is 4.79 Å². The van der Waals surface area contributed by atoms with Crippen LogP contribution in [0.2, 0.25) is 0 Å². The van der Waals surface area contributed by atoms with Gasteiger partial charge in [0.15, 0.2) is 0 Å². The van der Waals surface area contributed by atoms with E-state index in [4.69, 9.17) is 0 Å². The molecular formula is C22H25N3OS. The van der Waals surface area contributed by atoms with E-state index in [0.29, 0.717) is 6.42 Å². The first-order valence-corrected chi connectivity index (χ1v) is 10.1. The topological polar surface area (TPSA) is 45.2 Å². The minimum atomic E-state index is -0.0113. The molecule has 0 aliphatic heterocycles. The predicted octanol–water partition coefficient (Wildman–Crippen LogP) is 5.15. The number of amides is 1. The monoisotopic (exact) mass is 379 g/mol. The van der Waals surface area contributed by atoms with E-state index in [2.05, 4.69) is 34.4 Å². The molecular weight excluding hydrogens is 354 g/mol. The molecule has 0 atom stereocenters. The van der Waals surface area contributed by atoms with Crippen molar-refractivity contribution in [3.8, 4) is 11.3 Å². The molecule has 3 aromatic rings. The van der Waals surface area contributed by atoms with Crippen molar-refractivity contribution >= 4 is 28.6 Å². The molecule has 3 rings (SSSR count). The largest absolute Gasteiger partial charge is 0.372 e. The lowest BCUT2D eigenvalue weighted by Crippen LogP contribution is -2.21. The van der Waals surface area contributed by atoms with Crippen LogP contribution in [0.1, 0.15) is 24.4 Å². The Labute approximate surface area is 164 Å². The number of nitrogens with one attached hydrogen (secondary N) is 1. The number of hydrogen-bond acceptors (Lipinski definition) is 4. The van der Waals surface area contributed by atoms with Crippen molar-refractivity contribution in [3.63, 3.8) is 0 Å². The van der Waals surface area contributed by atoms with Crippen molar-refractivity contribution in [2.45, 2.75) is 27.2 Å². The molecule has 5 heteroatoms.